The summed E-state index contributed by atoms with van der Waals surface area (Å²) < 4.78 is 25.7. The van der Waals surface area contributed by atoms with Crippen molar-refractivity contribution >= 4 is 18.5 Å². The number of benzene rings is 1. The van der Waals surface area contributed by atoms with Gasteiger partial charge in [-0.2, -0.15) is 0 Å². The van der Waals surface area contributed by atoms with Gasteiger partial charge in [0.2, 0.25) is 0 Å². The summed E-state index contributed by atoms with van der Waals surface area (Å²) in [4.78, 5) is 11.9. The molecule has 1 heterocycles. The number of carbonyl (C=O) groups is 1. The zero-order valence-corrected chi connectivity index (χ0v) is 13.1. The monoisotopic (exact) mass is 293 g/mol. The predicted octanol–water partition coefficient (Wildman–Crippen LogP) is 1.87. The summed E-state index contributed by atoms with van der Waals surface area (Å²) >= 11 is 0. The van der Waals surface area contributed by atoms with Crippen LogP contribution in [0.15, 0.2) is 18.2 Å². The van der Waals surface area contributed by atoms with Crippen LogP contribution in [0.5, 0.6) is 0 Å². The molecule has 1 amide bonds. The van der Waals surface area contributed by atoms with Gasteiger partial charge in [0.15, 0.2) is 0 Å². The van der Waals surface area contributed by atoms with E-state index in [-0.39, 0.29) is 11.4 Å². The lowest BCUT2D eigenvalue weighted by Crippen LogP contribution is -2.41. The van der Waals surface area contributed by atoms with Gasteiger partial charge in [-0.25, -0.2) is 4.39 Å². The Hall–Kier alpha value is -1.40. The molecule has 1 aliphatic rings. The molecule has 1 fully saturated rings. The van der Waals surface area contributed by atoms with E-state index in [0.717, 1.165) is 0 Å². The van der Waals surface area contributed by atoms with Crippen molar-refractivity contribution in [3.05, 3.63) is 29.6 Å². The quantitative estimate of drug-likeness (QED) is 0.866. The molecule has 1 aromatic rings. The zero-order valence-electron chi connectivity index (χ0n) is 13.1. The summed E-state index contributed by atoms with van der Waals surface area (Å²) in [5.41, 5.74) is -0.460. The minimum Gasteiger partial charge on any atom is -0.399 e. The van der Waals surface area contributed by atoms with E-state index in [1.54, 1.807) is 0 Å². The van der Waals surface area contributed by atoms with Crippen LogP contribution in [0, 0.1) is 5.82 Å². The first-order valence-corrected chi connectivity index (χ1v) is 7.11. The Labute approximate surface area is 125 Å². The lowest BCUT2D eigenvalue weighted by atomic mass is 9.78. The van der Waals surface area contributed by atoms with Gasteiger partial charge in [-0.3, -0.25) is 4.79 Å². The highest BCUT2D eigenvalue weighted by molar-refractivity contribution is 6.62. The van der Waals surface area contributed by atoms with Gasteiger partial charge in [0.1, 0.15) is 5.82 Å². The smallest absolute Gasteiger partial charge is 0.399 e. The molecule has 0 saturated carbocycles. The number of amides is 1. The summed E-state index contributed by atoms with van der Waals surface area (Å²) in [7, 11) is -0.815. The van der Waals surface area contributed by atoms with E-state index < -0.39 is 24.1 Å². The molecule has 0 aromatic heterocycles. The van der Waals surface area contributed by atoms with Crippen molar-refractivity contribution in [2.24, 2.45) is 0 Å². The fourth-order valence-electron chi connectivity index (χ4n) is 2.10. The van der Waals surface area contributed by atoms with Crippen LogP contribution in [0.1, 0.15) is 45.0 Å². The molecule has 6 heteroatoms. The summed E-state index contributed by atoms with van der Waals surface area (Å²) in [6.07, 6.45) is 0. The average molecular weight is 293 g/mol. The Balaban J connectivity index is 2.33. The molecule has 0 unspecified atom stereocenters. The van der Waals surface area contributed by atoms with E-state index in [2.05, 4.69) is 5.32 Å². The number of halogens is 1. The maximum Gasteiger partial charge on any atom is 0.497 e. The van der Waals surface area contributed by atoms with Crippen LogP contribution in [0.25, 0.3) is 0 Å². The molecule has 0 bridgehead atoms. The van der Waals surface area contributed by atoms with E-state index >= 15 is 0 Å². The molecule has 1 saturated heterocycles. The van der Waals surface area contributed by atoms with Gasteiger partial charge in [0.25, 0.3) is 5.91 Å². The lowest BCUT2D eigenvalue weighted by Gasteiger charge is -2.32. The van der Waals surface area contributed by atoms with E-state index in [4.69, 9.17) is 9.31 Å². The van der Waals surface area contributed by atoms with Gasteiger partial charge in [-0.05, 0) is 52.8 Å². The van der Waals surface area contributed by atoms with Crippen LogP contribution < -0.4 is 10.8 Å². The largest absolute Gasteiger partial charge is 0.497 e. The van der Waals surface area contributed by atoms with Gasteiger partial charge in [0.05, 0.1) is 11.2 Å². The first-order valence-electron chi connectivity index (χ1n) is 7.11. The number of hydrogen-bond acceptors (Lipinski definition) is 3. The average Bonchev–Trinajstić information content (AvgIpc) is 2.59. The molecule has 21 heavy (non-hydrogen) atoms. The van der Waals surface area contributed by atoms with Crippen LogP contribution in [-0.4, -0.2) is 30.8 Å². The number of carbonyl (C=O) groups excluding carboxylic acids is 1. The van der Waals surface area contributed by atoms with E-state index in [1.807, 2.05) is 34.6 Å². The molecule has 1 aliphatic heterocycles. The molecule has 2 rings (SSSR count). The Kier molecular flexibility index (Phi) is 4.13. The summed E-state index contributed by atoms with van der Waals surface area (Å²) in [6, 6.07) is 4.21. The van der Waals surface area contributed by atoms with Crippen molar-refractivity contribution in [1.82, 2.24) is 5.32 Å². The van der Waals surface area contributed by atoms with Crippen LogP contribution in [0.2, 0.25) is 0 Å². The zero-order chi connectivity index (χ0) is 15.8. The van der Waals surface area contributed by atoms with Crippen molar-refractivity contribution in [2.45, 2.75) is 45.8 Å². The second kappa shape index (κ2) is 5.42. The van der Waals surface area contributed by atoms with Gasteiger partial charge in [0, 0.05) is 17.6 Å². The standard InChI is InChI=1S/C15H21BFNO3/c1-6-18-13(19)10-7-8-12(17)11(9-10)16-20-14(2,3)15(4,5)21-16/h7-9H,6H2,1-5H3,(H,18,19). The van der Waals surface area contributed by atoms with Crippen LogP contribution in [0.3, 0.4) is 0 Å². The number of nitrogens with one attached hydrogen (secondary N) is 1. The summed E-state index contributed by atoms with van der Waals surface area (Å²) in [5.74, 6) is -0.684. The second-order valence-corrected chi connectivity index (χ2v) is 6.18. The fraction of sp³-hybridized carbons (Fsp3) is 0.533. The van der Waals surface area contributed by atoms with Gasteiger partial charge < -0.3 is 14.6 Å². The van der Waals surface area contributed by atoms with Crippen LogP contribution in [-0.2, 0) is 9.31 Å². The normalized spacial score (nSPS) is 19.6. The minimum absolute atomic E-state index is 0.240. The predicted molar refractivity (Wildman–Crippen MR) is 80.1 cm³/mol. The minimum atomic E-state index is -0.815. The molecule has 1 N–H and O–H groups in total. The molecule has 4 nitrogen and oxygen atoms in total. The van der Waals surface area contributed by atoms with Gasteiger partial charge in [-0.15, -0.1) is 0 Å². The van der Waals surface area contributed by atoms with Crippen molar-refractivity contribution in [3.8, 4) is 0 Å². The third-order valence-electron chi connectivity index (χ3n) is 4.10. The Morgan fingerprint density at radius 2 is 1.81 bits per heavy atom. The molecule has 0 atom stereocenters. The first-order chi connectivity index (χ1) is 9.68. The maximum absolute atomic E-state index is 14.1. The molecular formula is C15H21BFNO3. The number of hydrogen-bond donors (Lipinski definition) is 1. The summed E-state index contributed by atoms with van der Waals surface area (Å²) in [6.45, 7) is 9.95. The fourth-order valence-corrected chi connectivity index (χ4v) is 2.10. The second-order valence-electron chi connectivity index (χ2n) is 6.18. The first kappa shape index (κ1) is 16.0. The molecule has 114 valence electrons. The third-order valence-corrected chi connectivity index (χ3v) is 4.10. The third kappa shape index (κ3) is 2.96. The SMILES string of the molecule is CCNC(=O)c1ccc(F)c(B2OC(C)(C)C(C)(C)O2)c1. The van der Waals surface area contributed by atoms with Crippen molar-refractivity contribution in [3.63, 3.8) is 0 Å². The van der Waals surface area contributed by atoms with Crippen molar-refractivity contribution in [2.75, 3.05) is 6.54 Å². The number of rotatable bonds is 3. The Bertz CT molecular complexity index is 544. The van der Waals surface area contributed by atoms with Crippen molar-refractivity contribution < 1.29 is 18.5 Å². The highest BCUT2D eigenvalue weighted by Gasteiger charge is 2.52. The van der Waals surface area contributed by atoms with E-state index in [0.29, 0.717) is 12.1 Å². The van der Waals surface area contributed by atoms with Gasteiger partial charge in [-0.1, -0.05) is 0 Å². The molecular weight excluding hydrogens is 272 g/mol. The maximum atomic E-state index is 14.1. The molecule has 0 aliphatic carbocycles. The van der Waals surface area contributed by atoms with E-state index in [9.17, 15) is 9.18 Å². The Morgan fingerprint density at radius 3 is 2.33 bits per heavy atom. The highest BCUT2D eigenvalue weighted by Crippen LogP contribution is 2.36. The Morgan fingerprint density at radius 1 is 1.24 bits per heavy atom. The molecule has 1 aromatic carbocycles. The van der Waals surface area contributed by atoms with Gasteiger partial charge >= 0.3 is 7.12 Å². The van der Waals surface area contributed by atoms with Crippen LogP contribution >= 0.6 is 0 Å². The molecule has 0 spiro atoms. The summed E-state index contributed by atoms with van der Waals surface area (Å²) in [5, 5.41) is 2.69. The topological polar surface area (TPSA) is 47.6 Å². The van der Waals surface area contributed by atoms with E-state index in [1.165, 1.54) is 18.2 Å². The molecule has 0 radical (unpaired) electrons. The van der Waals surface area contributed by atoms with Crippen LogP contribution in [0.4, 0.5) is 4.39 Å². The van der Waals surface area contributed by atoms with Crippen molar-refractivity contribution in [1.29, 1.82) is 0 Å². The highest BCUT2D eigenvalue weighted by atomic mass is 19.1. The lowest BCUT2D eigenvalue weighted by molar-refractivity contribution is 0.00578.